The van der Waals surface area contributed by atoms with Gasteiger partial charge in [-0.3, -0.25) is 9.59 Å². The van der Waals surface area contributed by atoms with E-state index in [1.54, 1.807) is 0 Å². The van der Waals surface area contributed by atoms with Crippen LogP contribution in [0, 0.1) is 0 Å². The van der Waals surface area contributed by atoms with Crippen LogP contribution < -0.4 is 0 Å². The van der Waals surface area contributed by atoms with Crippen LogP contribution in [0.3, 0.4) is 0 Å². The number of esters is 2. The van der Waals surface area contributed by atoms with E-state index in [-0.39, 0.29) is 26.1 Å². The molecule has 13 heteroatoms. The largest absolute Gasteiger partial charge is 0.463 e. The molecule has 2 saturated heterocycles. The number of unbranched alkanes of at least 4 members (excludes halogenated alkanes) is 22. The van der Waals surface area contributed by atoms with Gasteiger partial charge in [0.15, 0.2) is 0 Å². The second-order valence-corrected chi connectivity index (χ2v) is 18.4. The minimum atomic E-state index is -1.66. The van der Waals surface area contributed by atoms with Crippen LogP contribution in [-0.4, -0.2) is 115 Å². The number of carbonyl (C=O) groups excluding carboxylic acids is 2. The van der Waals surface area contributed by atoms with Crippen molar-refractivity contribution in [2.75, 3.05) is 13.2 Å². The highest BCUT2D eigenvalue weighted by molar-refractivity contribution is 8.00. The van der Waals surface area contributed by atoms with Gasteiger partial charge in [-0.25, -0.2) is 0 Å². The van der Waals surface area contributed by atoms with E-state index in [1.807, 2.05) is 0 Å². The number of rotatable bonds is 36. The molecule has 356 valence electrons. The van der Waals surface area contributed by atoms with Gasteiger partial charge in [0.05, 0.1) is 0 Å². The minimum Gasteiger partial charge on any atom is -0.463 e. The smallest absolute Gasteiger partial charge is 0.305 e. The molecule has 2 fully saturated rings. The van der Waals surface area contributed by atoms with E-state index >= 15 is 0 Å². The van der Waals surface area contributed by atoms with Gasteiger partial charge in [-0.15, -0.1) is 0 Å². The fraction of sp³-hybridized carbons (Fsp3) is 0.875. The third kappa shape index (κ3) is 24.9. The van der Waals surface area contributed by atoms with Crippen molar-refractivity contribution in [2.24, 2.45) is 0 Å². The van der Waals surface area contributed by atoms with E-state index in [0.29, 0.717) is 12.8 Å². The Balaban J connectivity index is 1.63. The third-order valence-electron chi connectivity index (χ3n) is 11.7. The number of allylic oxidation sites excluding steroid dienone is 4. The number of hydrogen-bond acceptors (Lipinski definition) is 13. The molecule has 61 heavy (non-hydrogen) atoms. The van der Waals surface area contributed by atoms with Crippen molar-refractivity contribution in [3.05, 3.63) is 24.3 Å². The van der Waals surface area contributed by atoms with E-state index in [1.165, 1.54) is 77.0 Å². The fourth-order valence-corrected chi connectivity index (χ4v) is 8.96. The molecule has 0 aromatic heterocycles. The lowest BCUT2D eigenvalue weighted by molar-refractivity contribution is -0.218. The van der Waals surface area contributed by atoms with Crippen LogP contribution in [0.1, 0.15) is 194 Å². The maximum absolute atomic E-state index is 12.5. The molecule has 0 bridgehead atoms. The Morgan fingerprint density at radius 2 is 0.721 bits per heavy atom. The standard InChI is InChI=1S/C48H86O12S/c1-3-5-7-9-11-13-15-17-19-21-23-25-27-29-31-33-39(49)57-35-37-41(51)43(53)45(55)47(59-37)61-48-46(56)44(54)42(52)38(60-48)36-58-40(50)34-32-30-28-26-24-22-20-18-16-14-12-10-8-6-4-2/h17-20,37-38,41-48,51-56H,3-16,21-36H2,1-2H3/b19-17-,20-18-/t37-,38-,41-,42-,43+,44+,45-,46-,47-,48-/m1/s1. The van der Waals surface area contributed by atoms with Crippen molar-refractivity contribution in [1.29, 1.82) is 0 Å². The van der Waals surface area contributed by atoms with Gasteiger partial charge in [0.2, 0.25) is 0 Å². The van der Waals surface area contributed by atoms with Crippen molar-refractivity contribution >= 4 is 23.7 Å². The second-order valence-electron chi connectivity index (χ2n) is 17.2. The molecule has 2 heterocycles. The summed E-state index contributed by atoms with van der Waals surface area (Å²) >= 11 is 0.734. The van der Waals surface area contributed by atoms with Crippen molar-refractivity contribution in [2.45, 2.75) is 253 Å². The molecule has 0 unspecified atom stereocenters. The molecular formula is C48H86O12S. The van der Waals surface area contributed by atoms with Gasteiger partial charge in [-0.05, 0) is 64.2 Å². The molecule has 0 aliphatic carbocycles. The summed E-state index contributed by atoms with van der Waals surface area (Å²) in [7, 11) is 0. The summed E-state index contributed by atoms with van der Waals surface area (Å²) in [6, 6.07) is 0. The maximum atomic E-state index is 12.5. The summed E-state index contributed by atoms with van der Waals surface area (Å²) in [5, 5.41) is 63.8. The van der Waals surface area contributed by atoms with Gasteiger partial charge < -0.3 is 49.6 Å². The van der Waals surface area contributed by atoms with Crippen molar-refractivity contribution < 1.29 is 59.2 Å². The SMILES string of the molecule is CCCCCCCC/C=C\CCCCCCCC(=O)OC[C@H]1O[C@H](S[C@H]2O[C@H](COC(=O)CCCCCCC/C=C\CCCCCCCC)[C@@H](O)[C@H](O)[C@H]2O)[C@H](O)[C@@H](O)[C@@H]1O. The number of ether oxygens (including phenoxy) is 4. The first kappa shape index (κ1) is 55.6. The number of carbonyl (C=O) groups is 2. The summed E-state index contributed by atoms with van der Waals surface area (Å²) in [6.07, 6.45) is 27.3. The molecule has 2 aliphatic heterocycles. The lowest BCUT2D eigenvalue weighted by Gasteiger charge is -2.44. The Bertz CT molecular complexity index is 1070. The van der Waals surface area contributed by atoms with Gasteiger partial charge in [-0.1, -0.05) is 153 Å². The molecule has 2 rings (SSSR count). The summed E-state index contributed by atoms with van der Waals surface area (Å²) in [4.78, 5) is 25.0. The molecule has 6 N–H and O–H groups in total. The zero-order valence-corrected chi connectivity index (χ0v) is 38.7. The predicted octanol–water partition coefficient (Wildman–Crippen LogP) is 8.50. The number of aliphatic hydroxyl groups excluding tert-OH is 6. The van der Waals surface area contributed by atoms with Crippen molar-refractivity contribution in [1.82, 2.24) is 0 Å². The first-order chi connectivity index (χ1) is 29.6. The van der Waals surface area contributed by atoms with E-state index < -0.39 is 71.6 Å². The van der Waals surface area contributed by atoms with Crippen LogP contribution in [0.25, 0.3) is 0 Å². The van der Waals surface area contributed by atoms with Crippen LogP contribution in [0.2, 0.25) is 0 Å². The van der Waals surface area contributed by atoms with Gasteiger partial charge in [0.1, 0.15) is 72.9 Å². The number of aliphatic hydroxyl groups is 6. The maximum Gasteiger partial charge on any atom is 0.305 e. The van der Waals surface area contributed by atoms with Crippen LogP contribution >= 0.6 is 11.8 Å². The van der Waals surface area contributed by atoms with E-state index in [9.17, 15) is 40.2 Å². The Hall–Kier alpha value is -1.55. The van der Waals surface area contributed by atoms with E-state index in [2.05, 4.69) is 38.2 Å². The Morgan fingerprint density at radius 3 is 1.05 bits per heavy atom. The summed E-state index contributed by atoms with van der Waals surface area (Å²) in [6.45, 7) is 3.74. The van der Waals surface area contributed by atoms with Gasteiger partial charge in [0, 0.05) is 12.8 Å². The highest BCUT2D eigenvalue weighted by Gasteiger charge is 2.50. The average molecular weight is 887 g/mol. The zero-order valence-electron chi connectivity index (χ0n) is 37.8. The van der Waals surface area contributed by atoms with Crippen LogP contribution in [0.4, 0.5) is 0 Å². The minimum absolute atomic E-state index is 0.204. The predicted molar refractivity (Wildman–Crippen MR) is 242 cm³/mol. The molecule has 0 spiro atoms. The second kappa shape index (κ2) is 35.8. The van der Waals surface area contributed by atoms with E-state index in [0.717, 1.165) is 88.8 Å². The normalized spacial score (nSPS) is 27.0. The Morgan fingerprint density at radius 1 is 0.426 bits per heavy atom. The molecule has 10 atom stereocenters. The molecule has 0 radical (unpaired) electrons. The lowest BCUT2D eigenvalue weighted by Crippen LogP contribution is -2.61. The monoisotopic (exact) mass is 887 g/mol. The quantitative estimate of drug-likeness (QED) is 0.0200. The topological polar surface area (TPSA) is 192 Å². The summed E-state index contributed by atoms with van der Waals surface area (Å²) in [5.41, 5.74) is -2.53. The lowest BCUT2D eigenvalue weighted by atomic mass is 10.00. The number of thioether (sulfide) groups is 1. The molecular weight excluding hydrogens is 801 g/mol. The zero-order chi connectivity index (χ0) is 44.5. The first-order valence-electron chi connectivity index (χ1n) is 24.3. The van der Waals surface area contributed by atoms with E-state index in [4.69, 9.17) is 18.9 Å². The molecule has 12 nitrogen and oxygen atoms in total. The fourth-order valence-electron chi connectivity index (χ4n) is 7.64. The van der Waals surface area contributed by atoms with Gasteiger partial charge in [0.25, 0.3) is 0 Å². The number of hydrogen-bond donors (Lipinski definition) is 6. The van der Waals surface area contributed by atoms with Crippen LogP contribution in [0.15, 0.2) is 24.3 Å². The Labute approximate surface area is 372 Å². The summed E-state index contributed by atoms with van der Waals surface area (Å²) < 4.78 is 22.4. The molecule has 0 saturated carbocycles. The van der Waals surface area contributed by atoms with Crippen LogP contribution in [0.5, 0.6) is 0 Å². The van der Waals surface area contributed by atoms with Crippen molar-refractivity contribution in [3.63, 3.8) is 0 Å². The molecule has 2 aliphatic rings. The van der Waals surface area contributed by atoms with Gasteiger partial charge in [-0.2, -0.15) is 0 Å². The molecule has 0 aromatic rings. The summed E-state index contributed by atoms with van der Waals surface area (Å²) in [5.74, 6) is -0.924. The average Bonchev–Trinajstić information content (AvgIpc) is 3.25. The Kier molecular flexibility index (Phi) is 32.6. The van der Waals surface area contributed by atoms with Gasteiger partial charge >= 0.3 is 11.9 Å². The molecule has 0 amide bonds. The van der Waals surface area contributed by atoms with Crippen molar-refractivity contribution in [3.8, 4) is 0 Å². The molecule has 0 aromatic carbocycles. The van der Waals surface area contributed by atoms with Crippen LogP contribution in [-0.2, 0) is 28.5 Å². The highest BCUT2D eigenvalue weighted by Crippen LogP contribution is 2.37. The highest BCUT2D eigenvalue weighted by atomic mass is 32.2. The first-order valence-corrected chi connectivity index (χ1v) is 25.2. The third-order valence-corrected chi connectivity index (χ3v) is 13.0.